The molecule has 1 aliphatic heterocycles. The lowest BCUT2D eigenvalue weighted by atomic mass is 10.1. The number of nitrogens with zero attached hydrogens (tertiary/aromatic N) is 1. The molecule has 27 heavy (non-hydrogen) atoms. The Balaban J connectivity index is 1.81. The highest BCUT2D eigenvalue weighted by atomic mass is 35.5. The van der Waals surface area contributed by atoms with Gasteiger partial charge in [-0.3, -0.25) is 14.5 Å². The summed E-state index contributed by atoms with van der Waals surface area (Å²) in [4.78, 5) is 26.1. The lowest BCUT2D eigenvalue weighted by molar-refractivity contribution is -0.138. The highest BCUT2D eigenvalue weighted by molar-refractivity contribution is 6.35. The van der Waals surface area contributed by atoms with E-state index in [0.717, 1.165) is 4.90 Å². The van der Waals surface area contributed by atoms with Gasteiger partial charge in [0.15, 0.2) is 5.76 Å². The van der Waals surface area contributed by atoms with E-state index >= 15 is 0 Å². The summed E-state index contributed by atoms with van der Waals surface area (Å²) in [7, 11) is 0. The van der Waals surface area contributed by atoms with Gasteiger partial charge in [-0.2, -0.15) is 0 Å². The van der Waals surface area contributed by atoms with E-state index in [4.69, 9.17) is 16.3 Å². The number of ether oxygens (including phenoxy) is 1. The molecule has 1 N–H and O–H groups in total. The van der Waals surface area contributed by atoms with Gasteiger partial charge in [-0.1, -0.05) is 55.8 Å². The third-order valence-electron chi connectivity index (χ3n) is 4.16. The van der Waals surface area contributed by atoms with Crippen molar-refractivity contribution in [1.29, 1.82) is 0 Å². The van der Waals surface area contributed by atoms with Crippen LogP contribution in [0.25, 0.3) is 5.57 Å². The van der Waals surface area contributed by atoms with Crippen LogP contribution in [0.5, 0.6) is 5.75 Å². The molecule has 0 saturated heterocycles. The van der Waals surface area contributed by atoms with Crippen LogP contribution in [-0.4, -0.2) is 28.4 Å². The van der Waals surface area contributed by atoms with Gasteiger partial charge in [0.05, 0.1) is 18.7 Å². The van der Waals surface area contributed by atoms with Crippen molar-refractivity contribution in [3.05, 3.63) is 70.4 Å². The quantitative estimate of drug-likeness (QED) is 0.756. The number of carbonyl (C=O) groups excluding carboxylic acids is 2. The van der Waals surface area contributed by atoms with Crippen LogP contribution in [-0.2, 0) is 16.1 Å². The summed E-state index contributed by atoms with van der Waals surface area (Å²) in [6.45, 7) is 4.68. The molecule has 0 fully saturated rings. The monoisotopic (exact) mass is 385 g/mol. The van der Waals surface area contributed by atoms with E-state index in [1.807, 2.05) is 13.8 Å². The van der Waals surface area contributed by atoms with Crippen LogP contribution in [0.1, 0.15) is 25.0 Å². The summed E-state index contributed by atoms with van der Waals surface area (Å²) in [5, 5.41) is 10.7. The SMILES string of the molecule is CC(C)COc1ccc(C2=C(O)C(=O)N(Cc3ccccc3Cl)C2=O)cc1. The molecule has 6 heteroatoms. The Hall–Kier alpha value is -2.79. The number of aliphatic hydroxyl groups is 1. The van der Waals surface area contributed by atoms with E-state index in [1.54, 1.807) is 48.5 Å². The van der Waals surface area contributed by atoms with Crippen molar-refractivity contribution >= 4 is 29.0 Å². The molecule has 0 radical (unpaired) electrons. The van der Waals surface area contributed by atoms with Crippen molar-refractivity contribution in [3.8, 4) is 5.75 Å². The van der Waals surface area contributed by atoms with Crippen molar-refractivity contribution in [2.75, 3.05) is 6.61 Å². The van der Waals surface area contributed by atoms with E-state index in [1.165, 1.54) is 0 Å². The zero-order valence-corrected chi connectivity index (χ0v) is 15.9. The molecule has 2 aromatic rings. The predicted molar refractivity (Wildman–Crippen MR) is 103 cm³/mol. The maximum atomic E-state index is 12.8. The first-order valence-electron chi connectivity index (χ1n) is 8.64. The molecule has 0 saturated carbocycles. The number of hydrogen-bond acceptors (Lipinski definition) is 4. The summed E-state index contributed by atoms with van der Waals surface area (Å²) in [6.07, 6.45) is 0. The second kappa shape index (κ2) is 7.84. The maximum absolute atomic E-state index is 12.8. The fourth-order valence-corrected chi connectivity index (χ4v) is 2.94. The Morgan fingerprint density at radius 1 is 1.04 bits per heavy atom. The largest absolute Gasteiger partial charge is 0.502 e. The fraction of sp³-hybridized carbons (Fsp3) is 0.238. The fourth-order valence-electron chi connectivity index (χ4n) is 2.74. The lowest BCUT2D eigenvalue weighted by Gasteiger charge is -2.15. The van der Waals surface area contributed by atoms with Crippen LogP contribution in [0.3, 0.4) is 0 Å². The van der Waals surface area contributed by atoms with E-state index in [2.05, 4.69) is 0 Å². The minimum Gasteiger partial charge on any atom is -0.502 e. The molecule has 0 bridgehead atoms. The van der Waals surface area contributed by atoms with Crippen LogP contribution in [0.4, 0.5) is 0 Å². The summed E-state index contributed by atoms with van der Waals surface area (Å²) in [5.74, 6) is -0.771. The van der Waals surface area contributed by atoms with Gasteiger partial charge >= 0.3 is 0 Å². The molecule has 140 valence electrons. The van der Waals surface area contributed by atoms with Gasteiger partial charge in [0, 0.05) is 5.02 Å². The summed E-state index contributed by atoms with van der Waals surface area (Å²) >= 11 is 6.12. The van der Waals surface area contributed by atoms with Gasteiger partial charge in [0.25, 0.3) is 11.8 Å². The van der Waals surface area contributed by atoms with E-state index in [-0.39, 0.29) is 12.1 Å². The van der Waals surface area contributed by atoms with Crippen LogP contribution in [0.15, 0.2) is 54.3 Å². The smallest absolute Gasteiger partial charge is 0.296 e. The van der Waals surface area contributed by atoms with Crippen molar-refractivity contribution in [2.45, 2.75) is 20.4 Å². The Morgan fingerprint density at radius 3 is 2.33 bits per heavy atom. The van der Waals surface area contributed by atoms with Crippen LogP contribution >= 0.6 is 11.6 Å². The van der Waals surface area contributed by atoms with Gasteiger partial charge < -0.3 is 9.84 Å². The third kappa shape index (κ3) is 3.98. The van der Waals surface area contributed by atoms with Crippen molar-refractivity contribution in [1.82, 2.24) is 4.90 Å². The first-order chi connectivity index (χ1) is 12.9. The van der Waals surface area contributed by atoms with Crippen LogP contribution in [0, 0.1) is 5.92 Å². The summed E-state index contributed by atoms with van der Waals surface area (Å²) < 4.78 is 5.62. The molecule has 0 aliphatic carbocycles. The van der Waals surface area contributed by atoms with Gasteiger partial charge in [0.2, 0.25) is 0 Å². The normalized spacial score (nSPS) is 14.4. The minimum atomic E-state index is -0.727. The van der Waals surface area contributed by atoms with Crippen molar-refractivity contribution in [2.24, 2.45) is 5.92 Å². The Kier molecular flexibility index (Phi) is 5.51. The Labute approximate surface area is 162 Å². The zero-order valence-electron chi connectivity index (χ0n) is 15.1. The number of carbonyl (C=O) groups is 2. The molecular weight excluding hydrogens is 366 g/mol. The average Bonchev–Trinajstić information content (AvgIpc) is 2.86. The number of benzene rings is 2. The van der Waals surface area contributed by atoms with Gasteiger partial charge in [0.1, 0.15) is 5.75 Å². The number of aliphatic hydroxyl groups excluding tert-OH is 1. The second-order valence-electron chi connectivity index (χ2n) is 6.74. The molecule has 0 atom stereocenters. The number of rotatable bonds is 6. The molecule has 2 amide bonds. The zero-order chi connectivity index (χ0) is 19.6. The Morgan fingerprint density at radius 2 is 1.70 bits per heavy atom. The van der Waals surface area contributed by atoms with Gasteiger partial charge in [-0.15, -0.1) is 0 Å². The first-order valence-corrected chi connectivity index (χ1v) is 9.02. The molecule has 3 rings (SSSR count). The third-order valence-corrected chi connectivity index (χ3v) is 4.52. The number of hydrogen-bond donors (Lipinski definition) is 1. The average molecular weight is 386 g/mol. The van der Waals surface area contributed by atoms with Crippen molar-refractivity contribution < 1.29 is 19.4 Å². The maximum Gasteiger partial charge on any atom is 0.296 e. The summed E-state index contributed by atoms with van der Waals surface area (Å²) in [6, 6.07) is 13.7. The summed E-state index contributed by atoms with van der Waals surface area (Å²) in [5.41, 5.74) is 1.08. The van der Waals surface area contributed by atoms with E-state index < -0.39 is 17.6 Å². The van der Waals surface area contributed by atoms with Crippen LogP contribution in [0.2, 0.25) is 5.02 Å². The number of imide groups is 1. The standard InChI is InChI=1S/C21H20ClNO4/c1-13(2)12-27-16-9-7-14(8-10-16)18-19(24)21(26)23(20(18)25)11-15-5-3-4-6-17(15)22/h3-10,13,24H,11-12H2,1-2H3. The molecule has 1 heterocycles. The van der Waals surface area contributed by atoms with Crippen molar-refractivity contribution in [3.63, 3.8) is 0 Å². The molecule has 5 nitrogen and oxygen atoms in total. The van der Waals surface area contributed by atoms with E-state index in [0.29, 0.717) is 34.4 Å². The highest BCUT2D eigenvalue weighted by Crippen LogP contribution is 2.31. The molecular formula is C21H20ClNO4. The molecule has 0 unspecified atom stereocenters. The van der Waals surface area contributed by atoms with Gasteiger partial charge in [-0.05, 0) is 35.2 Å². The number of halogens is 1. The van der Waals surface area contributed by atoms with Gasteiger partial charge in [-0.25, -0.2) is 0 Å². The van der Waals surface area contributed by atoms with Crippen LogP contribution < -0.4 is 4.74 Å². The molecule has 0 aromatic heterocycles. The molecule has 0 spiro atoms. The molecule has 2 aromatic carbocycles. The predicted octanol–water partition coefficient (Wildman–Crippen LogP) is 4.21. The second-order valence-corrected chi connectivity index (χ2v) is 7.15. The minimum absolute atomic E-state index is 0.000479. The molecule has 1 aliphatic rings. The number of amides is 2. The Bertz CT molecular complexity index is 903. The first kappa shape index (κ1) is 19.0. The highest BCUT2D eigenvalue weighted by Gasteiger charge is 2.39. The lowest BCUT2D eigenvalue weighted by Crippen LogP contribution is -2.31. The van der Waals surface area contributed by atoms with E-state index in [9.17, 15) is 14.7 Å². The topological polar surface area (TPSA) is 66.8 Å².